The Morgan fingerprint density at radius 3 is 2.50 bits per heavy atom. The molecule has 106 valence electrons. The number of amides is 2. The lowest BCUT2D eigenvalue weighted by atomic mass is 10.2. The Bertz CT molecular complexity index is 237. The molecule has 0 aromatic heterocycles. The van der Waals surface area contributed by atoms with Crippen molar-refractivity contribution < 1.29 is 14.3 Å². The Morgan fingerprint density at radius 1 is 1.11 bits per heavy atom. The third-order valence-corrected chi connectivity index (χ3v) is 2.96. The molecule has 0 fully saturated rings. The lowest BCUT2D eigenvalue weighted by Crippen LogP contribution is -2.39. The van der Waals surface area contributed by atoms with Gasteiger partial charge in [-0.15, -0.1) is 0 Å². The van der Waals surface area contributed by atoms with E-state index in [4.69, 9.17) is 0 Å². The van der Waals surface area contributed by atoms with Gasteiger partial charge in [0.25, 0.3) is 0 Å². The van der Waals surface area contributed by atoms with Gasteiger partial charge in [0.15, 0.2) is 0 Å². The van der Waals surface area contributed by atoms with E-state index >= 15 is 0 Å². The average molecular weight is 276 g/mol. The number of ether oxygens (including phenoxy) is 1. The van der Waals surface area contributed by atoms with Gasteiger partial charge < -0.3 is 15.4 Å². The molecule has 18 heavy (non-hydrogen) atoms. The second-order valence-corrected chi connectivity index (χ2v) is 4.81. The first-order valence-electron chi connectivity index (χ1n) is 6.37. The van der Waals surface area contributed by atoms with Crippen LogP contribution in [-0.2, 0) is 9.53 Å². The zero-order valence-electron chi connectivity index (χ0n) is 11.3. The van der Waals surface area contributed by atoms with Gasteiger partial charge in [0, 0.05) is 6.54 Å². The number of thioether (sulfide) groups is 1. The number of urea groups is 1. The second-order valence-electron chi connectivity index (χ2n) is 3.82. The summed E-state index contributed by atoms with van der Waals surface area (Å²) in [5.41, 5.74) is 0. The van der Waals surface area contributed by atoms with Crippen molar-refractivity contribution in [1.82, 2.24) is 10.6 Å². The smallest absolute Gasteiger partial charge is 0.325 e. The predicted octanol–water partition coefficient (Wildman–Crippen LogP) is 1.77. The molecule has 5 nitrogen and oxygen atoms in total. The predicted molar refractivity (Wildman–Crippen MR) is 74.9 cm³/mol. The minimum absolute atomic E-state index is 0.0760. The van der Waals surface area contributed by atoms with Crippen LogP contribution in [-0.4, -0.2) is 43.7 Å². The van der Waals surface area contributed by atoms with E-state index in [1.165, 1.54) is 18.6 Å². The summed E-state index contributed by atoms with van der Waals surface area (Å²) in [6.07, 6.45) is 6.64. The molecule has 0 aliphatic rings. The summed E-state index contributed by atoms with van der Waals surface area (Å²) in [7, 11) is 0. The first-order valence-corrected chi connectivity index (χ1v) is 7.76. The number of carbonyl (C=O) groups is 2. The maximum absolute atomic E-state index is 11.3. The summed E-state index contributed by atoms with van der Waals surface area (Å²) in [4.78, 5) is 22.2. The normalized spacial score (nSPS) is 9.89. The number of rotatable bonds is 10. The fourth-order valence-electron chi connectivity index (χ4n) is 1.35. The quantitative estimate of drug-likeness (QED) is 0.471. The molecule has 0 aliphatic heterocycles. The summed E-state index contributed by atoms with van der Waals surface area (Å²) in [6, 6.07) is -0.313. The van der Waals surface area contributed by atoms with Gasteiger partial charge in [-0.1, -0.05) is 12.8 Å². The molecular formula is C12H24N2O3S. The van der Waals surface area contributed by atoms with E-state index < -0.39 is 5.97 Å². The monoisotopic (exact) mass is 276 g/mol. The average Bonchev–Trinajstić information content (AvgIpc) is 2.35. The minimum Gasteiger partial charge on any atom is -0.465 e. The third kappa shape index (κ3) is 11.6. The topological polar surface area (TPSA) is 67.4 Å². The van der Waals surface area contributed by atoms with Crippen LogP contribution in [0.5, 0.6) is 0 Å². The van der Waals surface area contributed by atoms with Crippen LogP contribution in [0.25, 0.3) is 0 Å². The number of hydrogen-bond donors (Lipinski definition) is 2. The number of nitrogens with one attached hydrogen (secondary N) is 2. The lowest BCUT2D eigenvalue weighted by Gasteiger charge is -2.07. The van der Waals surface area contributed by atoms with Crippen molar-refractivity contribution in [3.63, 3.8) is 0 Å². The van der Waals surface area contributed by atoms with Crippen molar-refractivity contribution in [2.75, 3.05) is 31.7 Å². The SMILES string of the molecule is CCOC(=O)CNC(=O)NCCCCCCSC. The summed E-state index contributed by atoms with van der Waals surface area (Å²) in [5, 5.41) is 5.16. The van der Waals surface area contributed by atoms with Crippen LogP contribution >= 0.6 is 11.8 Å². The molecule has 0 aromatic carbocycles. The van der Waals surface area contributed by atoms with Crippen molar-refractivity contribution in [3.8, 4) is 0 Å². The number of carbonyl (C=O) groups excluding carboxylic acids is 2. The van der Waals surface area contributed by atoms with Crippen LogP contribution in [0.15, 0.2) is 0 Å². The molecule has 0 heterocycles. The molecule has 0 unspecified atom stereocenters. The van der Waals surface area contributed by atoms with Gasteiger partial charge in [-0.05, 0) is 31.8 Å². The van der Waals surface area contributed by atoms with Gasteiger partial charge in [0.2, 0.25) is 0 Å². The molecule has 2 amide bonds. The molecular weight excluding hydrogens is 252 g/mol. The highest BCUT2D eigenvalue weighted by Crippen LogP contribution is 2.03. The molecule has 0 radical (unpaired) electrons. The van der Waals surface area contributed by atoms with E-state index in [1.54, 1.807) is 6.92 Å². The summed E-state index contributed by atoms with van der Waals surface area (Å²) >= 11 is 1.86. The molecule has 0 aromatic rings. The third-order valence-electron chi connectivity index (χ3n) is 2.26. The van der Waals surface area contributed by atoms with Crippen LogP contribution in [0.4, 0.5) is 4.79 Å². The van der Waals surface area contributed by atoms with E-state index in [0.717, 1.165) is 12.8 Å². The molecule has 0 bridgehead atoms. The maximum atomic E-state index is 11.3. The van der Waals surface area contributed by atoms with E-state index in [2.05, 4.69) is 21.6 Å². The summed E-state index contributed by atoms with van der Waals surface area (Å²) in [5.74, 6) is 0.790. The first-order chi connectivity index (χ1) is 8.70. The van der Waals surface area contributed by atoms with Gasteiger partial charge in [-0.3, -0.25) is 4.79 Å². The Hall–Kier alpha value is -0.910. The van der Waals surface area contributed by atoms with Gasteiger partial charge in [0.1, 0.15) is 6.54 Å². The van der Waals surface area contributed by atoms with Crippen LogP contribution in [0, 0.1) is 0 Å². The fraction of sp³-hybridized carbons (Fsp3) is 0.833. The van der Waals surface area contributed by atoms with Crippen LogP contribution in [0.1, 0.15) is 32.6 Å². The Labute approximate surface area is 113 Å². The van der Waals surface area contributed by atoms with Crippen molar-refractivity contribution in [3.05, 3.63) is 0 Å². The molecule has 6 heteroatoms. The zero-order valence-corrected chi connectivity index (χ0v) is 12.1. The zero-order chi connectivity index (χ0) is 13.6. The number of hydrogen-bond acceptors (Lipinski definition) is 4. The van der Waals surface area contributed by atoms with Crippen molar-refractivity contribution in [1.29, 1.82) is 0 Å². The van der Waals surface area contributed by atoms with Crippen LogP contribution < -0.4 is 10.6 Å². The highest BCUT2D eigenvalue weighted by atomic mass is 32.2. The van der Waals surface area contributed by atoms with Crippen LogP contribution in [0.3, 0.4) is 0 Å². The molecule has 0 saturated carbocycles. The van der Waals surface area contributed by atoms with E-state index in [0.29, 0.717) is 13.2 Å². The number of esters is 1. The van der Waals surface area contributed by atoms with E-state index in [9.17, 15) is 9.59 Å². The Morgan fingerprint density at radius 2 is 1.83 bits per heavy atom. The second kappa shape index (κ2) is 12.5. The summed E-state index contributed by atoms with van der Waals surface area (Å²) in [6.45, 7) is 2.63. The molecule has 0 aliphatic carbocycles. The number of unbranched alkanes of at least 4 members (excludes halogenated alkanes) is 3. The van der Waals surface area contributed by atoms with Crippen molar-refractivity contribution in [2.45, 2.75) is 32.6 Å². The summed E-state index contributed by atoms with van der Waals surface area (Å²) < 4.78 is 4.69. The minimum atomic E-state index is -0.412. The maximum Gasteiger partial charge on any atom is 0.325 e. The fourth-order valence-corrected chi connectivity index (χ4v) is 1.85. The van der Waals surface area contributed by atoms with E-state index in [1.807, 2.05) is 11.8 Å². The molecule has 0 saturated heterocycles. The Kier molecular flexibility index (Phi) is 11.9. The molecule has 2 N–H and O–H groups in total. The molecule has 0 spiro atoms. The Balaban J connectivity index is 3.29. The molecule has 0 rings (SSSR count). The lowest BCUT2D eigenvalue weighted by molar-refractivity contribution is -0.141. The van der Waals surface area contributed by atoms with Gasteiger partial charge in [0.05, 0.1) is 6.61 Å². The van der Waals surface area contributed by atoms with Crippen molar-refractivity contribution >= 4 is 23.8 Å². The van der Waals surface area contributed by atoms with Gasteiger partial charge in [-0.2, -0.15) is 11.8 Å². The first kappa shape index (κ1) is 17.1. The van der Waals surface area contributed by atoms with Gasteiger partial charge >= 0.3 is 12.0 Å². The van der Waals surface area contributed by atoms with E-state index in [-0.39, 0.29) is 12.6 Å². The highest BCUT2D eigenvalue weighted by molar-refractivity contribution is 7.98. The molecule has 0 atom stereocenters. The largest absolute Gasteiger partial charge is 0.465 e. The van der Waals surface area contributed by atoms with Crippen molar-refractivity contribution in [2.24, 2.45) is 0 Å². The highest BCUT2D eigenvalue weighted by Gasteiger charge is 2.04. The van der Waals surface area contributed by atoms with Crippen LogP contribution in [0.2, 0.25) is 0 Å². The van der Waals surface area contributed by atoms with Gasteiger partial charge in [-0.25, -0.2) is 4.79 Å². The standard InChI is InChI=1S/C12H24N2O3S/c1-3-17-11(15)10-14-12(16)13-8-6-4-5-7-9-18-2/h3-10H2,1-2H3,(H2,13,14,16).